The highest BCUT2D eigenvalue weighted by atomic mass is 32.1. The molecule has 0 aliphatic rings. The van der Waals surface area contributed by atoms with Gasteiger partial charge in [0.25, 0.3) is 0 Å². The summed E-state index contributed by atoms with van der Waals surface area (Å²) in [6, 6.07) is 2.40. The summed E-state index contributed by atoms with van der Waals surface area (Å²) in [5.41, 5.74) is 10.4. The zero-order valence-electron chi connectivity index (χ0n) is 13.1. The van der Waals surface area contributed by atoms with E-state index in [1.54, 1.807) is 0 Å². The molecule has 0 saturated heterocycles. The van der Waals surface area contributed by atoms with Crippen LogP contribution in [0.2, 0.25) is 0 Å². The molecule has 6 heteroatoms. The zero-order valence-corrected chi connectivity index (χ0v) is 14.0. The van der Waals surface area contributed by atoms with E-state index < -0.39 is 0 Å². The first-order chi connectivity index (χ1) is 9.93. The van der Waals surface area contributed by atoms with Crippen LogP contribution in [0.15, 0.2) is 6.07 Å². The van der Waals surface area contributed by atoms with E-state index in [9.17, 15) is 0 Å². The van der Waals surface area contributed by atoms with Gasteiger partial charge in [-0.1, -0.05) is 6.92 Å². The van der Waals surface area contributed by atoms with Crippen molar-refractivity contribution in [3.05, 3.63) is 27.1 Å². The molecule has 1 unspecified atom stereocenters. The first-order valence-corrected chi connectivity index (χ1v) is 8.01. The van der Waals surface area contributed by atoms with Crippen molar-refractivity contribution in [3.8, 4) is 0 Å². The lowest BCUT2D eigenvalue weighted by Gasteiger charge is -2.16. The minimum Gasteiger partial charge on any atom is -0.369 e. The molecule has 112 valence electrons. The van der Waals surface area contributed by atoms with E-state index in [2.05, 4.69) is 48.4 Å². The second-order valence-electron chi connectivity index (χ2n) is 5.48. The van der Waals surface area contributed by atoms with Gasteiger partial charge in [-0.25, -0.2) is 4.98 Å². The molecule has 0 fully saturated rings. The molecule has 0 radical (unpaired) electrons. The predicted molar refractivity (Wildman–Crippen MR) is 87.9 cm³/mol. The third kappa shape index (κ3) is 2.05. The van der Waals surface area contributed by atoms with E-state index in [0.29, 0.717) is 5.95 Å². The lowest BCUT2D eigenvalue weighted by molar-refractivity contribution is 0.634. The predicted octanol–water partition coefficient (Wildman–Crippen LogP) is 3.20. The van der Waals surface area contributed by atoms with E-state index in [1.807, 2.05) is 23.1 Å². The maximum absolute atomic E-state index is 6.20. The van der Waals surface area contributed by atoms with Crippen LogP contribution < -0.4 is 5.73 Å². The van der Waals surface area contributed by atoms with Gasteiger partial charge < -0.3 is 5.73 Å². The first kappa shape index (κ1) is 14.1. The lowest BCUT2D eigenvalue weighted by atomic mass is 10.1. The highest BCUT2D eigenvalue weighted by molar-refractivity contribution is 7.12. The van der Waals surface area contributed by atoms with E-state index in [1.165, 1.54) is 15.3 Å². The summed E-state index contributed by atoms with van der Waals surface area (Å²) in [6.07, 6.45) is 0.860. The normalized spacial score (nSPS) is 13.2. The molecule has 0 aromatic carbocycles. The molecule has 3 heterocycles. The third-order valence-corrected chi connectivity index (χ3v) is 5.00. The summed E-state index contributed by atoms with van der Waals surface area (Å²) >= 11 is 1.82. The van der Waals surface area contributed by atoms with Crippen molar-refractivity contribution < 1.29 is 0 Å². The molecule has 0 aliphatic heterocycles. The highest BCUT2D eigenvalue weighted by Gasteiger charge is 2.22. The number of anilines is 1. The zero-order chi connectivity index (χ0) is 15.3. The number of rotatable bonds is 3. The van der Waals surface area contributed by atoms with Gasteiger partial charge in [-0.2, -0.15) is 5.10 Å². The van der Waals surface area contributed by atoms with Crippen LogP contribution in [0.4, 0.5) is 5.95 Å². The summed E-state index contributed by atoms with van der Waals surface area (Å²) in [5, 5.41) is 4.55. The Morgan fingerprint density at radius 3 is 2.67 bits per heavy atom. The van der Waals surface area contributed by atoms with Gasteiger partial charge in [0.05, 0.1) is 11.7 Å². The third-order valence-electron chi connectivity index (χ3n) is 4.02. The van der Waals surface area contributed by atoms with Crippen LogP contribution in [-0.2, 0) is 13.5 Å². The van der Waals surface area contributed by atoms with Gasteiger partial charge in [-0.05, 0) is 38.8 Å². The maximum atomic E-state index is 6.20. The van der Waals surface area contributed by atoms with Crippen LogP contribution in [0.3, 0.4) is 0 Å². The molecule has 3 rings (SSSR count). The highest BCUT2D eigenvalue weighted by Crippen LogP contribution is 2.33. The molecule has 3 aromatic rings. The molecule has 21 heavy (non-hydrogen) atoms. The lowest BCUT2D eigenvalue weighted by Crippen LogP contribution is -2.12. The average Bonchev–Trinajstić information content (AvgIpc) is 3.03. The number of nitrogens with zero attached hydrogens (tertiary/aromatic N) is 4. The van der Waals surface area contributed by atoms with E-state index >= 15 is 0 Å². The second kappa shape index (κ2) is 4.87. The van der Waals surface area contributed by atoms with Crippen molar-refractivity contribution in [2.24, 2.45) is 7.05 Å². The van der Waals surface area contributed by atoms with Crippen LogP contribution in [0.1, 0.15) is 40.9 Å². The number of nitrogens with two attached hydrogens (primary N) is 1. The number of fused-ring (bicyclic) bond motifs is 1. The summed E-state index contributed by atoms with van der Waals surface area (Å²) in [4.78, 5) is 7.20. The molecular weight excluding hydrogens is 282 g/mol. The maximum Gasteiger partial charge on any atom is 0.203 e. The molecule has 0 saturated carbocycles. The van der Waals surface area contributed by atoms with Crippen LogP contribution in [0, 0.1) is 13.8 Å². The van der Waals surface area contributed by atoms with Crippen molar-refractivity contribution in [1.29, 1.82) is 0 Å². The van der Waals surface area contributed by atoms with Crippen molar-refractivity contribution >= 4 is 28.4 Å². The number of hydrogen-bond acceptors (Lipinski definition) is 4. The van der Waals surface area contributed by atoms with Crippen LogP contribution in [0.5, 0.6) is 0 Å². The van der Waals surface area contributed by atoms with E-state index in [-0.39, 0.29) is 6.04 Å². The quantitative estimate of drug-likeness (QED) is 0.808. The van der Waals surface area contributed by atoms with Crippen LogP contribution >= 0.6 is 11.3 Å². The van der Waals surface area contributed by atoms with Gasteiger partial charge in [0.1, 0.15) is 5.52 Å². The number of nitrogen functional groups attached to an aromatic ring is 1. The van der Waals surface area contributed by atoms with Crippen LogP contribution in [-0.4, -0.2) is 19.3 Å². The van der Waals surface area contributed by atoms with E-state index in [4.69, 9.17) is 5.73 Å². The van der Waals surface area contributed by atoms with Crippen LogP contribution in [0.25, 0.3) is 11.2 Å². The molecule has 5 nitrogen and oxygen atoms in total. The Hall–Kier alpha value is -1.82. The molecular formula is C15H21N5S. The average molecular weight is 303 g/mol. The Kier molecular flexibility index (Phi) is 3.28. The minimum absolute atomic E-state index is 0.153. The molecule has 2 N–H and O–H groups in total. The van der Waals surface area contributed by atoms with Crippen molar-refractivity contribution in [2.75, 3.05) is 5.73 Å². The Bertz CT molecular complexity index is 808. The van der Waals surface area contributed by atoms with Gasteiger partial charge in [0.15, 0.2) is 5.65 Å². The number of thiophene rings is 1. The van der Waals surface area contributed by atoms with Crippen molar-refractivity contribution in [2.45, 2.75) is 40.2 Å². The Morgan fingerprint density at radius 2 is 2.10 bits per heavy atom. The molecule has 0 bridgehead atoms. The van der Waals surface area contributed by atoms with Crippen molar-refractivity contribution in [1.82, 2.24) is 19.3 Å². The van der Waals surface area contributed by atoms with Crippen molar-refractivity contribution in [3.63, 3.8) is 0 Å². The van der Waals surface area contributed by atoms with Gasteiger partial charge in [0.2, 0.25) is 5.95 Å². The summed E-state index contributed by atoms with van der Waals surface area (Å²) < 4.78 is 3.98. The number of hydrogen-bond donors (Lipinski definition) is 1. The SMILES string of the molecule is CCc1nn(C)c2c1nc(N)n2C(C)c1cc(C)sc1C. The summed E-state index contributed by atoms with van der Waals surface area (Å²) in [6.45, 7) is 8.56. The number of aromatic nitrogens is 4. The first-order valence-electron chi connectivity index (χ1n) is 7.20. The largest absolute Gasteiger partial charge is 0.369 e. The van der Waals surface area contributed by atoms with E-state index in [0.717, 1.165) is 23.3 Å². The fourth-order valence-corrected chi connectivity index (χ4v) is 4.06. The Labute approximate surface area is 128 Å². The number of imidazole rings is 1. The Balaban J connectivity index is 2.22. The molecule has 0 aliphatic carbocycles. The fourth-order valence-electron chi connectivity index (χ4n) is 3.04. The molecule has 0 spiro atoms. The van der Waals surface area contributed by atoms with Gasteiger partial charge in [-0.15, -0.1) is 11.3 Å². The smallest absolute Gasteiger partial charge is 0.203 e. The summed E-state index contributed by atoms with van der Waals surface area (Å²) in [7, 11) is 1.96. The standard InChI is InChI=1S/C15H21N5S/c1-6-12-13-14(19(5)18-12)20(15(16)17-13)9(3)11-7-8(2)21-10(11)4/h7,9H,6H2,1-5H3,(H2,16,17). The monoisotopic (exact) mass is 303 g/mol. The van der Waals surface area contributed by atoms with Gasteiger partial charge in [-0.3, -0.25) is 9.25 Å². The summed E-state index contributed by atoms with van der Waals surface area (Å²) in [5.74, 6) is 0.559. The number of aryl methyl sites for hydroxylation is 4. The molecule has 0 amide bonds. The Morgan fingerprint density at radius 1 is 1.38 bits per heavy atom. The van der Waals surface area contributed by atoms with Gasteiger partial charge in [0, 0.05) is 16.8 Å². The topological polar surface area (TPSA) is 61.7 Å². The second-order valence-corrected chi connectivity index (χ2v) is 6.94. The minimum atomic E-state index is 0.153. The molecule has 3 aromatic heterocycles. The van der Waals surface area contributed by atoms with Gasteiger partial charge >= 0.3 is 0 Å². The fraction of sp³-hybridized carbons (Fsp3) is 0.467. The molecule has 1 atom stereocenters.